The molecule has 12 heteroatoms. The maximum atomic E-state index is 11.7. The van der Waals surface area contributed by atoms with Gasteiger partial charge in [0.1, 0.15) is 5.69 Å². The van der Waals surface area contributed by atoms with Crippen LogP contribution in [0.15, 0.2) is 54.6 Å². The average molecular weight is 512 g/mol. The lowest BCUT2D eigenvalue weighted by Crippen LogP contribution is -2.63. The molecule has 5 aromatic rings. The van der Waals surface area contributed by atoms with Gasteiger partial charge in [0.2, 0.25) is 0 Å². The summed E-state index contributed by atoms with van der Waals surface area (Å²) in [6.07, 6.45) is -0.509. The molecule has 38 heavy (non-hydrogen) atoms. The van der Waals surface area contributed by atoms with E-state index in [0.717, 1.165) is 16.7 Å². The van der Waals surface area contributed by atoms with Crippen molar-refractivity contribution < 1.29 is 38.8 Å². The number of aromatic carboxylic acids is 3. The van der Waals surface area contributed by atoms with Crippen LogP contribution in [0.1, 0.15) is 37.4 Å². The van der Waals surface area contributed by atoms with Gasteiger partial charge in [0.05, 0.1) is 36.5 Å². The molecule has 0 bridgehead atoms. The summed E-state index contributed by atoms with van der Waals surface area (Å²) in [4.78, 5) is 37.2. The maximum absolute atomic E-state index is 11.7. The van der Waals surface area contributed by atoms with Crippen molar-refractivity contribution in [2.24, 2.45) is 14.1 Å². The highest BCUT2D eigenvalue weighted by atomic mass is 16.4. The first-order chi connectivity index (χ1) is 18.2. The van der Waals surface area contributed by atoms with E-state index in [1.54, 1.807) is 54.6 Å². The Morgan fingerprint density at radius 3 is 1.95 bits per heavy atom. The molecule has 7 rings (SSSR count). The minimum absolute atomic E-state index is 0.140. The van der Waals surface area contributed by atoms with Crippen molar-refractivity contribution in [1.29, 1.82) is 0 Å². The Balaban J connectivity index is 1.62. The number of carbonyl (C=O) groups is 3. The van der Waals surface area contributed by atoms with Crippen molar-refractivity contribution in [3.05, 3.63) is 71.3 Å². The molecule has 0 spiro atoms. The molecule has 2 aliphatic heterocycles. The van der Waals surface area contributed by atoms with Crippen LogP contribution in [0.25, 0.3) is 28.0 Å². The first-order valence-corrected chi connectivity index (χ1v) is 11.7. The Morgan fingerprint density at radius 1 is 0.763 bits per heavy atom. The van der Waals surface area contributed by atoms with Crippen molar-refractivity contribution in [2.45, 2.75) is 6.29 Å². The van der Waals surface area contributed by atoms with Gasteiger partial charge >= 0.3 is 36.1 Å². The quantitative estimate of drug-likeness (QED) is 0.270. The van der Waals surface area contributed by atoms with E-state index in [0.29, 0.717) is 28.6 Å². The number of carboxylic acid groups (broad SMARTS) is 3. The second-order valence-electron chi connectivity index (χ2n) is 9.37. The number of benzene rings is 3. The summed E-state index contributed by atoms with van der Waals surface area (Å²) < 4.78 is 7.83. The summed E-state index contributed by atoms with van der Waals surface area (Å²) in [5.41, 5.74) is 4.68. The van der Waals surface area contributed by atoms with E-state index in [4.69, 9.17) is 0 Å². The predicted molar refractivity (Wildman–Crippen MR) is 133 cm³/mol. The van der Waals surface area contributed by atoms with Gasteiger partial charge in [0.25, 0.3) is 0 Å². The van der Waals surface area contributed by atoms with Crippen LogP contribution >= 0.6 is 0 Å². The van der Waals surface area contributed by atoms with Gasteiger partial charge in [-0.3, -0.25) is 0 Å². The molecule has 4 N–H and O–H groups in total. The van der Waals surface area contributed by atoms with E-state index in [1.165, 1.54) is 0 Å². The molecule has 12 nitrogen and oxygen atoms in total. The fraction of sp³-hybridized carbons (Fsp3) is 0.115. The number of hydrogen-bond acceptors (Lipinski definition) is 5. The molecule has 2 aliphatic rings. The molecule has 0 saturated carbocycles. The number of imidazole rings is 2. The Labute approximate surface area is 213 Å². The molecule has 0 saturated heterocycles. The molecule has 188 valence electrons. The lowest BCUT2D eigenvalue weighted by Gasteiger charge is -2.23. The van der Waals surface area contributed by atoms with Gasteiger partial charge in [-0.25, -0.2) is 23.5 Å². The Morgan fingerprint density at radius 2 is 1.32 bits per heavy atom. The molecule has 2 aromatic heterocycles. The summed E-state index contributed by atoms with van der Waals surface area (Å²) >= 11 is 0. The van der Waals surface area contributed by atoms with Crippen LogP contribution in [0.5, 0.6) is 0 Å². The fourth-order valence-corrected chi connectivity index (χ4v) is 5.68. The SMILES string of the molecule is Cn1c2[n+](c3ccc(C(=O)O)cc31)-c1n(C)c3cc(C(=O)O)ccc3[n+]1C1Nc3cc(C(=O)O)ccc3N21. The molecule has 0 amide bonds. The summed E-state index contributed by atoms with van der Waals surface area (Å²) in [7, 11) is 3.70. The largest absolute Gasteiger partial charge is 0.478 e. The first-order valence-electron chi connectivity index (χ1n) is 11.7. The van der Waals surface area contributed by atoms with Gasteiger partial charge in [-0.2, -0.15) is 9.47 Å². The number of aromatic nitrogens is 4. The highest BCUT2D eigenvalue weighted by Gasteiger charge is 2.54. The van der Waals surface area contributed by atoms with Crippen LogP contribution in [-0.4, -0.2) is 42.4 Å². The number of nitrogens with zero attached hydrogens (tertiary/aromatic N) is 5. The second kappa shape index (κ2) is 7.09. The molecule has 3 aromatic carbocycles. The molecular formula is C26H20N6O6+2. The van der Waals surface area contributed by atoms with Crippen LogP contribution in [-0.2, 0) is 14.1 Å². The molecular weight excluding hydrogens is 492 g/mol. The summed E-state index contributed by atoms with van der Waals surface area (Å²) in [5.74, 6) is -1.69. The number of nitrogens with one attached hydrogen (secondary N) is 1. The average Bonchev–Trinajstić information content (AvgIpc) is 3.51. The van der Waals surface area contributed by atoms with Gasteiger partial charge in [-0.05, 0) is 54.6 Å². The summed E-state index contributed by atoms with van der Waals surface area (Å²) in [6, 6.07) is 14.7. The minimum atomic E-state index is -1.04. The third kappa shape index (κ3) is 2.60. The third-order valence-corrected chi connectivity index (χ3v) is 7.38. The Bertz CT molecular complexity index is 1940. The van der Waals surface area contributed by atoms with E-state index < -0.39 is 24.2 Å². The van der Waals surface area contributed by atoms with Crippen LogP contribution in [0.2, 0.25) is 0 Å². The number of rotatable bonds is 3. The zero-order valence-electron chi connectivity index (χ0n) is 20.1. The van der Waals surface area contributed by atoms with E-state index in [9.17, 15) is 29.7 Å². The van der Waals surface area contributed by atoms with E-state index in [1.807, 2.05) is 37.3 Å². The number of carboxylic acids is 3. The molecule has 0 aliphatic carbocycles. The van der Waals surface area contributed by atoms with Crippen molar-refractivity contribution in [3.8, 4) is 5.95 Å². The highest BCUT2D eigenvalue weighted by molar-refractivity contribution is 5.95. The van der Waals surface area contributed by atoms with Gasteiger partial charge in [-0.1, -0.05) is 0 Å². The zero-order chi connectivity index (χ0) is 26.6. The number of anilines is 3. The monoisotopic (exact) mass is 512 g/mol. The number of hydrogen-bond donors (Lipinski definition) is 4. The van der Waals surface area contributed by atoms with Crippen LogP contribution in [0, 0.1) is 0 Å². The van der Waals surface area contributed by atoms with E-state index in [-0.39, 0.29) is 16.7 Å². The summed E-state index contributed by atoms with van der Waals surface area (Å²) in [5, 5.41) is 32.2. The Hall–Kier alpha value is -5.39. The normalized spacial score (nSPS) is 15.1. The topological polar surface area (TPSA) is 145 Å². The molecule has 4 heterocycles. The van der Waals surface area contributed by atoms with Gasteiger partial charge in [0, 0.05) is 0 Å². The lowest BCUT2D eigenvalue weighted by molar-refractivity contribution is -0.792. The molecule has 0 radical (unpaired) electrons. The van der Waals surface area contributed by atoms with Gasteiger partial charge in [-0.15, -0.1) is 4.57 Å². The van der Waals surface area contributed by atoms with Gasteiger partial charge < -0.3 is 20.6 Å². The third-order valence-electron chi connectivity index (χ3n) is 7.38. The van der Waals surface area contributed by atoms with Crippen molar-refractivity contribution in [2.75, 3.05) is 10.2 Å². The smallest absolute Gasteiger partial charge is 0.415 e. The minimum Gasteiger partial charge on any atom is -0.478 e. The van der Waals surface area contributed by atoms with Crippen molar-refractivity contribution in [1.82, 2.24) is 9.13 Å². The maximum Gasteiger partial charge on any atom is 0.415 e. The lowest BCUT2D eigenvalue weighted by atomic mass is 10.2. The zero-order valence-corrected chi connectivity index (χ0v) is 20.1. The number of aryl methyl sites for hydroxylation is 2. The molecule has 0 fully saturated rings. The van der Waals surface area contributed by atoms with Crippen LogP contribution in [0.4, 0.5) is 17.3 Å². The van der Waals surface area contributed by atoms with Gasteiger partial charge in [0.15, 0.2) is 22.1 Å². The van der Waals surface area contributed by atoms with Crippen LogP contribution in [0.3, 0.4) is 0 Å². The van der Waals surface area contributed by atoms with Crippen molar-refractivity contribution in [3.63, 3.8) is 0 Å². The van der Waals surface area contributed by atoms with E-state index in [2.05, 4.69) is 5.32 Å². The second-order valence-corrected chi connectivity index (χ2v) is 9.37. The van der Waals surface area contributed by atoms with Crippen molar-refractivity contribution >= 4 is 57.3 Å². The predicted octanol–water partition coefficient (Wildman–Crippen LogP) is 2.36. The first kappa shape index (κ1) is 21.9. The highest BCUT2D eigenvalue weighted by Crippen LogP contribution is 2.45. The molecule has 1 atom stereocenters. The summed E-state index contributed by atoms with van der Waals surface area (Å²) in [6.45, 7) is 0. The Kier molecular flexibility index (Phi) is 4.08. The van der Waals surface area contributed by atoms with E-state index >= 15 is 0 Å². The van der Waals surface area contributed by atoms with Crippen LogP contribution < -0.4 is 19.4 Å². The molecule has 1 unspecified atom stereocenters. The fourth-order valence-electron chi connectivity index (χ4n) is 5.68. The number of fused-ring (bicyclic) bond motifs is 12. The standard InChI is InChI=1S/C26H18N6O6/c1-28-19-10-13(22(35)36)4-7-17(19)31-24-27-15-9-12(21(33)34)3-6-16(15)30(24)25-29(2)20-11-14(23(37)38)5-8-18(20)32(25)26(28)31/h3-11,24,27H,1-2H3,(H-2,33,34,35,36,37,38)/p+2.